The number of carbonyl (C=O) groups is 1. The predicted molar refractivity (Wildman–Crippen MR) is 113 cm³/mol. The molecule has 1 aromatic heterocycles. The molecule has 0 atom stereocenters. The number of anilines is 1. The zero-order valence-electron chi connectivity index (χ0n) is 15.8. The zero-order chi connectivity index (χ0) is 19.2. The number of para-hydroxylation sites is 1. The Morgan fingerprint density at radius 3 is 2.67 bits per heavy atom. The first kappa shape index (κ1) is 19.3. The van der Waals surface area contributed by atoms with Gasteiger partial charge in [-0.05, 0) is 69.1 Å². The van der Waals surface area contributed by atoms with Crippen LogP contribution in [0.15, 0.2) is 54.1 Å². The van der Waals surface area contributed by atoms with Crippen LogP contribution in [0.4, 0.5) is 5.69 Å². The highest BCUT2D eigenvalue weighted by atomic mass is 32.1. The van der Waals surface area contributed by atoms with Gasteiger partial charge in [0.2, 0.25) is 0 Å². The minimum atomic E-state index is -0.0786. The molecule has 1 saturated heterocycles. The van der Waals surface area contributed by atoms with Crippen molar-refractivity contribution in [3.8, 4) is 0 Å². The molecule has 27 heavy (non-hydrogen) atoms. The van der Waals surface area contributed by atoms with Crippen LogP contribution < -0.4 is 5.32 Å². The molecule has 142 valence electrons. The molecule has 1 fully saturated rings. The van der Waals surface area contributed by atoms with Crippen LogP contribution in [0.2, 0.25) is 0 Å². The molecule has 0 radical (unpaired) electrons. The Kier molecular flexibility index (Phi) is 6.42. The van der Waals surface area contributed by atoms with E-state index in [4.69, 9.17) is 5.41 Å². The van der Waals surface area contributed by atoms with Gasteiger partial charge >= 0.3 is 0 Å². The Balaban J connectivity index is 1.75. The Hall–Kier alpha value is -2.44. The van der Waals surface area contributed by atoms with Gasteiger partial charge in [0.25, 0.3) is 5.91 Å². The van der Waals surface area contributed by atoms with E-state index < -0.39 is 0 Å². The maximum Gasteiger partial charge on any atom is 0.269 e. The number of hydrogen-bond acceptors (Lipinski definition) is 5. The predicted octanol–water partition coefficient (Wildman–Crippen LogP) is 4.20. The maximum atomic E-state index is 13.0. The fourth-order valence-corrected chi connectivity index (χ4v) is 3.93. The number of aryl methyl sites for hydroxylation is 1. The van der Waals surface area contributed by atoms with Crippen LogP contribution in [0, 0.1) is 12.3 Å². The van der Waals surface area contributed by atoms with Crippen LogP contribution >= 0.6 is 11.3 Å². The molecule has 1 aliphatic rings. The minimum absolute atomic E-state index is 0.0615. The highest BCUT2D eigenvalue weighted by Gasteiger charge is 2.30. The number of nitrogens with one attached hydrogen (secondary N) is 2. The Bertz CT molecular complexity index is 807. The van der Waals surface area contributed by atoms with Gasteiger partial charge in [-0.2, -0.15) is 0 Å². The third-order valence-corrected chi connectivity index (χ3v) is 5.75. The molecule has 0 unspecified atom stereocenters. The molecule has 3 rings (SSSR count). The molecule has 2 N–H and O–H groups in total. The van der Waals surface area contributed by atoms with E-state index in [0.29, 0.717) is 4.88 Å². The van der Waals surface area contributed by atoms with Gasteiger partial charge in [-0.3, -0.25) is 15.1 Å². The van der Waals surface area contributed by atoms with Gasteiger partial charge in [-0.1, -0.05) is 24.3 Å². The summed E-state index contributed by atoms with van der Waals surface area (Å²) in [6.45, 7) is 3.92. The number of rotatable bonds is 5. The van der Waals surface area contributed by atoms with E-state index >= 15 is 0 Å². The summed E-state index contributed by atoms with van der Waals surface area (Å²) in [5, 5.41) is 13.7. The number of nitrogens with zero attached hydrogens (tertiary/aromatic N) is 2. The van der Waals surface area contributed by atoms with Crippen molar-refractivity contribution in [3.63, 3.8) is 0 Å². The maximum absolute atomic E-state index is 13.0. The largest absolute Gasteiger partial charge is 0.361 e. The second kappa shape index (κ2) is 8.97. The summed E-state index contributed by atoms with van der Waals surface area (Å²) in [7, 11) is 2.10. The molecule has 0 saturated carbocycles. The fraction of sp³-hybridized carbons (Fsp3) is 0.333. The molecule has 0 aliphatic carbocycles. The smallest absolute Gasteiger partial charge is 0.269 e. The quantitative estimate of drug-likeness (QED) is 0.602. The summed E-state index contributed by atoms with van der Waals surface area (Å²) in [5.74, 6) is 0.147. The molecular weight excluding hydrogens is 356 g/mol. The number of carbonyl (C=O) groups excluding carboxylic acids is 1. The summed E-state index contributed by atoms with van der Waals surface area (Å²) >= 11 is 1.43. The van der Waals surface area contributed by atoms with Crippen LogP contribution in [-0.2, 0) is 0 Å². The molecule has 2 aromatic rings. The Morgan fingerprint density at radius 1 is 1.26 bits per heavy atom. The van der Waals surface area contributed by atoms with E-state index in [1.165, 1.54) is 11.3 Å². The lowest BCUT2D eigenvalue weighted by molar-refractivity contribution is 0.0753. The average molecular weight is 383 g/mol. The van der Waals surface area contributed by atoms with E-state index in [9.17, 15) is 4.79 Å². The second-order valence-corrected chi connectivity index (χ2v) is 7.81. The Morgan fingerprint density at radius 2 is 2.00 bits per heavy atom. The van der Waals surface area contributed by atoms with Crippen LogP contribution in [0.5, 0.6) is 0 Å². The lowest BCUT2D eigenvalue weighted by Gasteiger charge is -2.36. The monoisotopic (exact) mass is 382 g/mol. The van der Waals surface area contributed by atoms with E-state index in [0.717, 1.165) is 37.2 Å². The van der Waals surface area contributed by atoms with Gasteiger partial charge in [0.05, 0.1) is 4.88 Å². The van der Waals surface area contributed by atoms with Crippen molar-refractivity contribution in [2.75, 3.05) is 25.5 Å². The zero-order valence-corrected chi connectivity index (χ0v) is 16.6. The lowest BCUT2D eigenvalue weighted by Crippen LogP contribution is -2.48. The van der Waals surface area contributed by atoms with E-state index in [1.54, 1.807) is 17.2 Å². The van der Waals surface area contributed by atoms with E-state index in [1.807, 2.05) is 48.7 Å². The Labute approximate surface area is 164 Å². The number of hydrogen-bond donors (Lipinski definition) is 2. The highest BCUT2D eigenvalue weighted by molar-refractivity contribution is 7.12. The second-order valence-electron chi connectivity index (χ2n) is 6.86. The molecule has 0 spiro atoms. The van der Waals surface area contributed by atoms with Crippen LogP contribution in [-0.4, -0.2) is 47.7 Å². The topological polar surface area (TPSA) is 59.4 Å². The summed E-state index contributed by atoms with van der Waals surface area (Å²) in [6, 6.07) is 11.8. The van der Waals surface area contributed by atoms with Crippen molar-refractivity contribution in [1.29, 1.82) is 5.41 Å². The van der Waals surface area contributed by atoms with Gasteiger partial charge in [0, 0.05) is 17.9 Å². The normalized spacial score (nSPS) is 15.8. The van der Waals surface area contributed by atoms with E-state index in [-0.39, 0.29) is 17.8 Å². The van der Waals surface area contributed by atoms with Gasteiger partial charge < -0.3 is 10.2 Å². The number of benzene rings is 1. The standard InChI is InChI=1S/C21H26N4OS/c1-16-6-3-4-7-18(16)23-12-9-20(22)25(17-10-13-24(2)14-11-17)21(26)19-8-5-15-27-19/h3-9,12,15,17,22-23H,10-11,13-14H2,1-2H3/b12-9-,22-20?. The van der Waals surface area contributed by atoms with Crippen molar-refractivity contribution < 1.29 is 4.79 Å². The molecule has 1 aromatic carbocycles. The third kappa shape index (κ3) is 4.84. The first-order valence-electron chi connectivity index (χ1n) is 9.19. The van der Waals surface area contributed by atoms with Gasteiger partial charge in [-0.15, -0.1) is 11.3 Å². The minimum Gasteiger partial charge on any atom is -0.361 e. The number of amidine groups is 1. The molecule has 1 aliphatic heterocycles. The third-order valence-electron chi connectivity index (χ3n) is 4.89. The number of amides is 1. The summed E-state index contributed by atoms with van der Waals surface area (Å²) < 4.78 is 0. The van der Waals surface area contributed by atoms with Crippen LogP contribution in [0.25, 0.3) is 0 Å². The van der Waals surface area contributed by atoms with E-state index in [2.05, 4.69) is 17.3 Å². The average Bonchev–Trinajstić information content (AvgIpc) is 3.20. The van der Waals surface area contributed by atoms with Crippen molar-refractivity contribution >= 4 is 28.8 Å². The summed E-state index contributed by atoms with van der Waals surface area (Å²) in [5.41, 5.74) is 2.13. The molecular formula is C21H26N4OS. The van der Waals surface area contributed by atoms with Gasteiger partial charge in [-0.25, -0.2) is 0 Å². The van der Waals surface area contributed by atoms with Crippen molar-refractivity contribution in [1.82, 2.24) is 9.80 Å². The summed E-state index contributed by atoms with van der Waals surface area (Å²) in [4.78, 5) is 17.7. The molecule has 0 bridgehead atoms. The van der Waals surface area contributed by atoms with Crippen LogP contribution in [0.3, 0.4) is 0 Å². The molecule has 2 heterocycles. The number of likely N-dealkylation sites (tertiary alicyclic amines) is 1. The molecule has 1 amide bonds. The molecule has 5 nitrogen and oxygen atoms in total. The van der Waals surface area contributed by atoms with Gasteiger partial charge in [0.1, 0.15) is 5.84 Å². The fourth-order valence-electron chi connectivity index (χ4n) is 3.27. The lowest BCUT2D eigenvalue weighted by atomic mass is 10.0. The highest BCUT2D eigenvalue weighted by Crippen LogP contribution is 2.21. The number of piperidine rings is 1. The SMILES string of the molecule is Cc1ccccc1N/C=C\C(=N)N(C(=O)c1cccs1)C1CCN(C)CC1. The molecule has 6 heteroatoms. The van der Waals surface area contributed by atoms with Crippen molar-refractivity contribution in [2.24, 2.45) is 0 Å². The summed E-state index contributed by atoms with van der Waals surface area (Å²) in [6.07, 6.45) is 5.19. The first-order chi connectivity index (χ1) is 13.1. The van der Waals surface area contributed by atoms with Crippen molar-refractivity contribution in [2.45, 2.75) is 25.8 Å². The van der Waals surface area contributed by atoms with Gasteiger partial charge in [0.15, 0.2) is 0 Å². The van der Waals surface area contributed by atoms with Crippen molar-refractivity contribution in [3.05, 3.63) is 64.5 Å². The van der Waals surface area contributed by atoms with Crippen LogP contribution in [0.1, 0.15) is 28.1 Å². The number of thiophene rings is 1. The first-order valence-corrected chi connectivity index (χ1v) is 10.1.